The van der Waals surface area contributed by atoms with Gasteiger partial charge in [-0.3, -0.25) is 0 Å². The third-order valence-electron chi connectivity index (χ3n) is 1.22. The van der Waals surface area contributed by atoms with E-state index in [0.29, 0.717) is 2.90 Å². The maximum Gasteiger partial charge on any atom is 0.435 e. The molecule has 0 aliphatic heterocycles. The minimum absolute atomic E-state index is 0.179. The lowest BCUT2D eigenvalue weighted by Gasteiger charge is -2.04. The van der Waals surface area contributed by atoms with Crippen LogP contribution in [0.2, 0.25) is 5.02 Å². The summed E-state index contributed by atoms with van der Waals surface area (Å²) in [6, 6.07) is 0. The predicted octanol–water partition coefficient (Wildman–Crippen LogP) is 3.06. The average Bonchev–Trinajstić information content (AvgIpc) is 2.05. The molecule has 2 nitrogen and oxygen atoms in total. The molecule has 0 N–H and O–H groups in total. The Labute approximate surface area is 85.2 Å². The van der Waals surface area contributed by atoms with Crippen LogP contribution in [0.3, 0.4) is 0 Å². The van der Waals surface area contributed by atoms with Crippen molar-refractivity contribution >= 4 is 34.5 Å². The molecule has 7 heteroatoms. The number of aromatic nitrogens is 2. The van der Waals surface area contributed by atoms with Crippen LogP contribution in [0, 0.1) is 6.92 Å². The Morgan fingerprint density at radius 3 is 2.17 bits per heavy atom. The second-order valence-corrected chi connectivity index (χ2v) is 3.40. The summed E-state index contributed by atoms with van der Waals surface area (Å²) in [6.07, 6.45) is -4.44. The number of hydrogen-bond acceptors (Lipinski definition) is 1. The van der Waals surface area contributed by atoms with Crippen LogP contribution in [-0.4, -0.2) is 7.99 Å². The molecule has 0 unspecified atom stereocenters. The number of nitrogens with zero attached hydrogens (tertiary/aromatic N) is 2. The van der Waals surface area contributed by atoms with Gasteiger partial charge < -0.3 is 0 Å². The summed E-state index contributed by atoms with van der Waals surface area (Å²) in [7, 11) is 0. The van der Waals surface area contributed by atoms with Gasteiger partial charge in [-0.25, -0.2) is 0 Å². The highest BCUT2D eigenvalue weighted by Crippen LogP contribution is 2.36. The van der Waals surface area contributed by atoms with Gasteiger partial charge in [-0.1, -0.05) is 11.6 Å². The first-order valence-corrected chi connectivity index (χ1v) is 4.17. The predicted molar refractivity (Wildman–Crippen MR) is 46.4 cm³/mol. The van der Waals surface area contributed by atoms with E-state index in [1.54, 1.807) is 0 Å². The molecular formula is C5H3ClF3IN2. The summed E-state index contributed by atoms with van der Waals surface area (Å²) in [5.41, 5.74) is -0.736. The van der Waals surface area contributed by atoms with Crippen LogP contribution in [0.4, 0.5) is 13.2 Å². The van der Waals surface area contributed by atoms with Crippen molar-refractivity contribution in [3.63, 3.8) is 0 Å². The van der Waals surface area contributed by atoms with Crippen LogP contribution in [0.25, 0.3) is 0 Å². The smallest absolute Gasteiger partial charge is 0.197 e. The fourth-order valence-corrected chi connectivity index (χ4v) is 1.91. The van der Waals surface area contributed by atoms with Crippen molar-refractivity contribution < 1.29 is 13.2 Å². The van der Waals surface area contributed by atoms with Crippen molar-refractivity contribution in [2.75, 3.05) is 0 Å². The van der Waals surface area contributed by atoms with Gasteiger partial charge in [0, 0.05) is 0 Å². The second-order valence-electron chi connectivity index (χ2n) is 2.11. The molecular weight excluding hydrogens is 307 g/mol. The van der Waals surface area contributed by atoms with E-state index in [1.165, 1.54) is 29.8 Å². The molecule has 1 aromatic heterocycles. The van der Waals surface area contributed by atoms with E-state index in [1.807, 2.05) is 0 Å². The first-order valence-electron chi connectivity index (χ1n) is 2.82. The van der Waals surface area contributed by atoms with Gasteiger partial charge in [0.2, 0.25) is 0 Å². The van der Waals surface area contributed by atoms with Crippen molar-refractivity contribution in [1.82, 2.24) is 7.99 Å². The van der Waals surface area contributed by atoms with Gasteiger partial charge in [-0.05, 0) is 6.92 Å². The monoisotopic (exact) mass is 310 g/mol. The first-order chi connectivity index (χ1) is 5.34. The molecule has 0 aromatic carbocycles. The summed E-state index contributed by atoms with van der Waals surface area (Å²) in [4.78, 5) is 0. The van der Waals surface area contributed by atoms with E-state index in [-0.39, 0.29) is 10.7 Å². The van der Waals surface area contributed by atoms with Crippen molar-refractivity contribution in [2.45, 2.75) is 13.1 Å². The third kappa shape index (κ3) is 1.68. The molecule has 0 atom stereocenters. The Kier molecular flexibility index (Phi) is 2.57. The summed E-state index contributed by atoms with van der Waals surface area (Å²) in [5, 5.41) is 3.19. The summed E-state index contributed by atoms with van der Waals surface area (Å²) in [5.74, 6) is 0. The molecule has 0 bridgehead atoms. The fraction of sp³-hybridized carbons (Fsp3) is 0.400. The van der Waals surface area contributed by atoms with Crippen LogP contribution in [0.5, 0.6) is 0 Å². The van der Waals surface area contributed by atoms with Crippen LogP contribution in [0.15, 0.2) is 0 Å². The van der Waals surface area contributed by atoms with E-state index in [0.717, 1.165) is 0 Å². The zero-order valence-corrected chi connectivity index (χ0v) is 8.70. The Morgan fingerprint density at radius 1 is 1.50 bits per heavy atom. The van der Waals surface area contributed by atoms with Crippen LogP contribution < -0.4 is 0 Å². The van der Waals surface area contributed by atoms with Crippen LogP contribution in [-0.2, 0) is 6.18 Å². The van der Waals surface area contributed by atoms with E-state index < -0.39 is 11.9 Å². The topological polar surface area (TPSA) is 17.8 Å². The normalized spacial score (nSPS) is 12.2. The van der Waals surface area contributed by atoms with Gasteiger partial charge in [0.25, 0.3) is 0 Å². The van der Waals surface area contributed by atoms with E-state index in [4.69, 9.17) is 11.6 Å². The van der Waals surface area contributed by atoms with Gasteiger partial charge >= 0.3 is 6.18 Å². The lowest BCUT2D eigenvalue weighted by atomic mass is 10.4. The van der Waals surface area contributed by atoms with Crippen molar-refractivity contribution in [3.8, 4) is 0 Å². The maximum atomic E-state index is 12.2. The lowest BCUT2D eigenvalue weighted by molar-refractivity contribution is -0.141. The zero-order chi connectivity index (χ0) is 9.52. The van der Waals surface area contributed by atoms with Crippen molar-refractivity contribution in [2.24, 2.45) is 0 Å². The van der Waals surface area contributed by atoms with Gasteiger partial charge in [-0.2, -0.15) is 21.2 Å². The van der Waals surface area contributed by atoms with Crippen LogP contribution >= 0.6 is 34.5 Å². The highest BCUT2D eigenvalue weighted by Gasteiger charge is 2.38. The second kappa shape index (κ2) is 3.06. The number of alkyl halides is 3. The Balaban J connectivity index is 3.32. The average molecular weight is 310 g/mol. The number of aryl methyl sites for hydroxylation is 1. The number of halogens is 5. The summed E-state index contributed by atoms with van der Waals surface area (Å²) in [6.45, 7) is 1.42. The molecule has 0 aliphatic carbocycles. The molecule has 0 radical (unpaired) electrons. The molecule has 0 amide bonds. The summed E-state index contributed by atoms with van der Waals surface area (Å²) < 4.78 is 37.2. The minimum Gasteiger partial charge on any atom is -0.197 e. The Bertz CT molecular complexity index is 306. The molecule has 0 aliphatic rings. The van der Waals surface area contributed by atoms with E-state index in [2.05, 4.69) is 5.10 Å². The quantitative estimate of drug-likeness (QED) is 0.674. The van der Waals surface area contributed by atoms with E-state index >= 15 is 0 Å². The standard InChI is InChI=1S/C5H3ClF3IN2/c1-2-3(6)4(5(7,8)9)12(10)11-2/h1H3. The van der Waals surface area contributed by atoms with Gasteiger partial charge in [0.1, 0.15) is 0 Å². The van der Waals surface area contributed by atoms with Gasteiger partial charge in [-0.15, -0.1) is 0 Å². The van der Waals surface area contributed by atoms with Gasteiger partial charge in [0.15, 0.2) is 5.69 Å². The molecule has 0 saturated carbocycles. The third-order valence-corrected chi connectivity index (χ3v) is 2.37. The largest absolute Gasteiger partial charge is 0.435 e. The molecule has 12 heavy (non-hydrogen) atoms. The molecule has 0 saturated heterocycles. The Hall–Kier alpha value is 0.0200. The SMILES string of the molecule is Cc1nn(I)c(C(F)(F)F)c1Cl. The molecule has 68 valence electrons. The summed E-state index contributed by atoms with van der Waals surface area (Å²) >= 11 is 6.82. The van der Waals surface area contributed by atoms with Gasteiger partial charge in [0.05, 0.1) is 33.6 Å². The molecule has 1 heterocycles. The van der Waals surface area contributed by atoms with Crippen molar-refractivity contribution in [3.05, 3.63) is 16.4 Å². The first kappa shape index (κ1) is 10.1. The minimum atomic E-state index is -4.44. The molecule has 0 spiro atoms. The van der Waals surface area contributed by atoms with Crippen LogP contribution in [0.1, 0.15) is 11.4 Å². The van der Waals surface area contributed by atoms with E-state index in [9.17, 15) is 13.2 Å². The molecule has 1 aromatic rings. The highest BCUT2D eigenvalue weighted by molar-refractivity contribution is 14.1. The fourth-order valence-electron chi connectivity index (χ4n) is 0.707. The van der Waals surface area contributed by atoms with Crippen molar-refractivity contribution in [1.29, 1.82) is 0 Å². The highest BCUT2D eigenvalue weighted by atomic mass is 127. The zero-order valence-electron chi connectivity index (χ0n) is 5.78. The molecule has 1 rings (SSSR count). The number of rotatable bonds is 0. The Morgan fingerprint density at radius 2 is 2.00 bits per heavy atom. The number of hydrogen-bond donors (Lipinski definition) is 0. The lowest BCUT2D eigenvalue weighted by Crippen LogP contribution is -2.09. The molecule has 0 fully saturated rings. The maximum absolute atomic E-state index is 12.2.